The molecular formula is C22H29ClN2O3. The van der Waals surface area contributed by atoms with Crippen molar-refractivity contribution in [2.24, 2.45) is 11.7 Å². The first-order valence-electron chi connectivity index (χ1n) is 9.77. The summed E-state index contributed by atoms with van der Waals surface area (Å²) in [6, 6.07) is 13.6. The van der Waals surface area contributed by atoms with E-state index in [0.29, 0.717) is 29.7 Å². The monoisotopic (exact) mass is 404 g/mol. The first-order chi connectivity index (χ1) is 13.6. The minimum absolute atomic E-state index is 0.0475. The SMILES string of the molecule is COc1ccccc1N1CCC(C)CC1.NCC1COc2cc(Cl)ccc2O1. The predicted octanol–water partition coefficient (Wildman–Crippen LogP) is 4.37. The first kappa shape index (κ1) is 20.6. The Kier molecular flexibility index (Phi) is 7.29. The van der Waals surface area contributed by atoms with Crippen LogP contribution in [0.1, 0.15) is 19.8 Å². The Morgan fingerprint density at radius 3 is 2.61 bits per heavy atom. The number of para-hydroxylation sites is 2. The molecule has 2 aromatic carbocycles. The van der Waals surface area contributed by atoms with Crippen molar-refractivity contribution < 1.29 is 14.2 Å². The molecule has 152 valence electrons. The van der Waals surface area contributed by atoms with E-state index in [2.05, 4.69) is 24.0 Å². The fourth-order valence-corrected chi connectivity index (χ4v) is 3.51. The summed E-state index contributed by atoms with van der Waals surface area (Å²) in [6.07, 6.45) is 2.53. The van der Waals surface area contributed by atoms with Crippen molar-refractivity contribution in [3.05, 3.63) is 47.5 Å². The molecule has 1 saturated heterocycles. The summed E-state index contributed by atoms with van der Waals surface area (Å²) in [6.45, 7) is 5.59. The van der Waals surface area contributed by atoms with E-state index in [0.717, 1.165) is 24.8 Å². The molecule has 0 spiro atoms. The number of nitrogens with zero attached hydrogens (tertiary/aromatic N) is 1. The van der Waals surface area contributed by atoms with Crippen LogP contribution in [0.15, 0.2) is 42.5 Å². The number of fused-ring (bicyclic) bond motifs is 1. The molecule has 0 bridgehead atoms. The molecule has 1 atom stereocenters. The third-order valence-corrected chi connectivity index (χ3v) is 5.33. The van der Waals surface area contributed by atoms with Gasteiger partial charge in [-0.1, -0.05) is 30.7 Å². The second-order valence-corrected chi connectivity index (χ2v) is 7.66. The Bertz CT molecular complexity index is 763. The molecule has 6 heteroatoms. The summed E-state index contributed by atoms with van der Waals surface area (Å²) < 4.78 is 16.3. The standard InChI is InChI=1S/C13H19NO.C9H10ClNO2/c1-11-7-9-14(10-8-11)12-5-3-4-6-13(12)15-2;10-6-1-2-8-9(3-6)12-5-7(4-11)13-8/h3-6,11H,7-10H2,1-2H3;1-3,7H,4-5,11H2. The zero-order valence-corrected chi connectivity index (χ0v) is 17.3. The van der Waals surface area contributed by atoms with E-state index in [1.54, 1.807) is 25.3 Å². The molecule has 0 aromatic heterocycles. The Labute approximate surface area is 172 Å². The van der Waals surface area contributed by atoms with Crippen molar-refractivity contribution in [2.75, 3.05) is 38.3 Å². The van der Waals surface area contributed by atoms with Gasteiger partial charge in [0.25, 0.3) is 0 Å². The number of piperidine rings is 1. The maximum atomic E-state index is 5.79. The van der Waals surface area contributed by atoms with Gasteiger partial charge in [0, 0.05) is 30.7 Å². The van der Waals surface area contributed by atoms with Gasteiger partial charge in [0.05, 0.1) is 12.8 Å². The average molecular weight is 405 g/mol. The van der Waals surface area contributed by atoms with Crippen LogP contribution in [0, 0.1) is 5.92 Å². The molecule has 0 amide bonds. The molecule has 2 aromatic rings. The number of hydrogen-bond acceptors (Lipinski definition) is 5. The minimum atomic E-state index is -0.0475. The molecular weight excluding hydrogens is 376 g/mol. The normalized spacial score (nSPS) is 18.9. The van der Waals surface area contributed by atoms with E-state index in [9.17, 15) is 0 Å². The van der Waals surface area contributed by atoms with Gasteiger partial charge in [0.2, 0.25) is 0 Å². The summed E-state index contributed by atoms with van der Waals surface area (Å²) in [5, 5.41) is 0.647. The molecule has 0 radical (unpaired) electrons. The van der Waals surface area contributed by atoms with Crippen LogP contribution in [0.3, 0.4) is 0 Å². The molecule has 28 heavy (non-hydrogen) atoms. The zero-order valence-electron chi connectivity index (χ0n) is 16.6. The highest BCUT2D eigenvalue weighted by atomic mass is 35.5. The lowest BCUT2D eigenvalue weighted by Crippen LogP contribution is -2.35. The molecule has 1 unspecified atom stereocenters. The maximum absolute atomic E-state index is 5.79. The van der Waals surface area contributed by atoms with Crippen LogP contribution in [-0.2, 0) is 0 Å². The zero-order chi connectivity index (χ0) is 19.9. The number of anilines is 1. The van der Waals surface area contributed by atoms with E-state index in [1.807, 2.05) is 12.1 Å². The smallest absolute Gasteiger partial charge is 0.162 e. The van der Waals surface area contributed by atoms with Gasteiger partial charge in [-0.05, 0) is 43.0 Å². The number of halogens is 1. The predicted molar refractivity (Wildman–Crippen MR) is 114 cm³/mol. The third kappa shape index (κ3) is 5.24. The van der Waals surface area contributed by atoms with Crippen LogP contribution >= 0.6 is 11.6 Å². The molecule has 1 fully saturated rings. The van der Waals surface area contributed by atoms with E-state index in [-0.39, 0.29) is 6.10 Å². The highest BCUT2D eigenvalue weighted by molar-refractivity contribution is 6.30. The lowest BCUT2D eigenvalue weighted by molar-refractivity contribution is 0.0969. The van der Waals surface area contributed by atoms with Crippen molar-refractivity contribution in [1.82, 2.24) is 0 Å². The fourth-order valence-electron chi connectivity index (χ4n) is 3.35. The Morgan fingerprint density at radius 2 is 1.89 bits per heavy atom. The van der Waals surface area contributed by atoms with Crippen molar-refractivity contribution in [2.45, 2.75) is 25.9 Å². The van der Waals surface area contributed by atoms with Gasteiger partial charge in [-0.3, -0.25) is 0 Å². The van der Waals surface area contributed by atoms with Gasteiger partial charge in [-0.2, -0.15) is 0 Å². The average Bonchev–Trinajstić information content (AvgIpc) is 2.74. The molecule has 2 N–H and O–H groups in total. The lowest BCUT2D eigenvalue weighted by atomic mass is 9.99. The Balaban J connectivity index is 0.000000162. The van der Waals surface area contributed by atoms with E-state index >= 15 is 0 Å². The summed E-state index contributed by atoms with van der Waals surface area (Å²) in [5.41, 5.74) is 6.70. The highest BCUT2D eigenvalue weighted by Crippen LogP contribution is 2.34. The topological polar surface area (TPSA) is 57.0 Å². The number of ether oxygens (including phenoxy) is 3. The van der Waals surface area contributed by atoms with Gasteiger partial charge in [0.15, 0.2) is 11.5 Å². The van der Waals surface area contributed by atoms with Crippen molar-refractivity contribution in [1.29, 1.82) is 0 Å². The molecule has 4 rings (SSSR count). The molecule has 0 saturated carbocycles. The van der Waals surface area contributed by atoms with Gasteiger partial charge in [-0.25, -0.2) is 0 Å². The van der Waals surface area contributed by atoms with Crippen LogP contribution < -0.4 is 24.8 Å². The van der Waals surface area contributed by atoms with E-state index in [1.165, 1.54) is 18.5 Å². The van der Waals surface area contributed by atoms with Gasteiger partial charge >= 0.3 is 0 Å². The van der Waals surface area contributed by atoms with Gasteiger partial charge in [0.1, 0.15) is 18.5 Å². The van der Waals surface area contributed by atoms with Gasteiger partial charge in [-0.15, -0.1) is 0 Å². The van der Waals surface area contributed by atoms with Crippen molar-refractivity contribution in [3.8, 4) is 17.2 Å². The molecule has 2 aliphatic rings. The fraction of sp³-hybridized carbons (Fsp3) is 0.455. The summed E-state index contributed by atoms with van der Waals surface area (Å²) in [4.78, 5) is 2.43. The number of rotatable bonds is 3. The van der Waals surface area contributed by atoms with Crippen LogP contribution in [-0.4, -0.2) is 39.5 Å². The van der Waals surface area contributed by atoms with E-state index < -0.39 is 0 Å². The first-order valence-corrected chi connectivity index (χ1v) is 10.2. The Morgan fingerprint density at radius 1 is 1.14 bits per heavy atom. The minimum Gasteiger partial charge on any atom is -0.495 e. The quantitative estimate of drug-likeness (QED) is 0.823. The van der Waals surface area contributed by atoms with Crippen molar-refractivity contribution >= 4 is 17.3 Å². The van der Waals surface area contributed by atoms with Crippen LogP contribution in [0.2, 0.25) is 5.02 Å². The van der Waals surface area contributed by atoms with Crippen LogP contribution in [0.25, 0.3) is 0 Å². The second-order valence-electron chi connectivity index (χ2n) is 7.22. The molecule has 5 nitrogen and oxygen atoms in total. The van der Waals surface area contributed by atoms with Crippen molar-refractivity contribution in [3.63, 3.8) is 0 Å². The van der Waals surface area contributed by atoms with Crippen LogP contribution in [0.5, 0.6) is 17.2 Å². The second kappa shape index (κ2) is 9.89. The van der Waals surface area contributed by atoms with Crippen LogP contribution in [0.4, 0.5) is 5.69 Å². The highest BCUT2D eigenvalue weighted by Gasteiger charge is 2.19. The molecule has 0 aliphatic carbocycles. The molecule has 2 heterocycles. The lowest BCUT2D eigenvalue weighted by Gasteiger charge is -2.32. The number of benzene rings is 2. The third-order valence-electron chi connectivity index (χ3n) is 5.10. The maximum Gasteiger partial charge on any atom is 0.162 e. The number of hydrogen-bond donors (Lipinski definition) is 1. The molecule has 2 aliphatic heterocycles. The largest absolute Gasteiger partial charge is 0.495 e. The van der Waals surface area contributed by atoms with Gasteiger partial charge < -0.3 is 24.8 Å². The summed E-state index contributed by atoms with van der Waals surface area (Å²) >= 11 is 5.79. The summed E-state index contributed by atoms with van der Waals surface area (Å²) in [7, 11) is 1.74. The van der Waals surface area contributed by atoms with E-state index in [4.69, 9.17) is 31.5 Å². The summed E-state index contributed by atoms with van der Waals surface area (Å²) in [5.74, 6) is 3.27. The number of nitrogens with two attached hydrogens (primary N) is 1. The Hall–Kier alpha value is -2.11. The number of methoxy groups -OCH3 is 1.